The maximum absolute atomic E-state index is 12.2. The van der Waals surface area contributed by atoms with Crippen LogP contribution in [0, 0.1) is 0 Å². The van der Waals surface area contributed by atoms with Crippen LogP contribution < -0.4 is 15.7 Å². The van der Waals surface area contributed by atoms with Gasteiger partial charge in [-0.3, -0.25) is 9.13 Å². The third-order valence-electron chi connectivity index (χ3n) is 3.61. The Morgan fingerprint density at radius 2 is 2.05 bits per heavy atom. The minimum absolute atomic E-state index is 0.0417. The van der Waals surface area contributed by atoms with E-state index >= 15 is 0 Å². The van der Waals surface area contributed by atoms with E-state index in [2.05, 4.69) is 12.2 Å². The molecule has 1 aromatic heterocycles. The predicted octanol–water partition coefficient (Wildman–Crippen LogP) is 2.03. The summed E-state index contributed by atoms with van der Waals surface area (Å²) in [6, 6.07) is 7.98. The minimum Gasteiger partial charge on any atom is -0.497 e. The molecule has 1 heterocycles. The molecule has 0 bridgehead atoms. The van der Waals surface area contributed by atoms with Gasteiger partial charge in [0.2, 0.25) is 0 Å². The van der Waals surface area contributed by atoms with Crippen LogP contribution in [0.25, 0.3) is 0 Å². The van der Waals surface area contributed by atoms with Crippen LogP contribution in [-0.2, 0) is 13.1 Å². The first kappa shape index (κ1) is 15.4. The molecule has 1 atom stereocenters. The van der Waals surface area contributed by atoms with E-state index in [4.69, 9.17) is 4.74 Å². The summed E-state index contributed by atoms with van der Waals surface area (Å²) >= 11 is 0. The van der Waals surface area contributed by atoms with Crippen molar-refractivity contribution in [3.63, 3.8) is 0 Å². The largest absolute Gasteiger partial charge is 0.497 e. The van der Waals surface area contributed by atoms with Crippen LogP contribution in [0.2, 0.25) is 0 Å². The molecule has 1 N–H and O–H groups in total. The number of nitrogens with one attached hydrogen (secondary N) is 1. The van der Waals surface area contributed by atoms with Crippen molar-refractivity contribution in [1.29, 1.82) is 0 Å². The summed E-state index contributed by atoms with van der Waals surface area (Å²) in [6.07, 6.45) is 4.65. The van der Waals surface area contributed by atoms with E-state index in [0.717, 1.165) is 24.3 Å². The van der Waals surface area contributed by atoms with Crippen LogP contribution >= 0.6 is 0 Å². The molecule has 0 saturated carbocycles. The number of methoxy groups -OCH3 is 1. The van der Waals surface area contributed by atoms with Crippen molar-refractivity contribution in [3.8, 4) is 5.75 Å². The summed E-state index contributed by atoms with van der Waals surface area (Å²) < 4.78 is 8.75. The molecular weight excluding hydrogens is 266 g/mol. The van der Waals surface area contributed by atoms with Gasteiger partial charge in [0.15, 0.2) is 0 Å². The van der Waals surface area contributed by atoms with Gasteiger partial charge in [-0.1, -0.05) is 19.1 Å². The smallest absolute Gasteiger partial charge is 0.328 e. The molecule has 5 nitrogen and oxygen atoms in total. The number of ether oxygens (including phenoxy) is 1. The van der Waals surface area contributed by atoms with E-state index in [9.17, 15) is 4.79 Å². The summed E-state index contributed by atoms with van der Waals surface area (Å²) in [5.74, 6) is 0.823. The quantitative estimate of drug-likeness (QED) is 0.848. The Hall–Kier alpha value is -2.01. The topological polar surface area (TPSA) is 48.2 Å². The van der Waals surface area contributed by atoms with E-state index in [1.165, 1.54) is 0 Å². The zero-order chi connectivity index (χ0) is 15.2. The third kappa shape index (κ3) is 3.55. The molecule has 0 aliphatic carbocycles. The van der Waals surface area contributed by atoms with Gasteiger partial charge in [-0.2, -0.15) is 0 Å². The predicted molar refractivity (Wildman–Crippen MR) is 83.8 cm³/mol. The summed E-state index contributed by atoms with van der Waals surface area (Å²) in [7, 11) is 3.56. The summed E-state index contributed by atoms with van der Waals surface area (Å²) in [6.45, 7) is 3.42. The Morgan fingerprint density at radius 3 is 2.71 bits per heavy atom. The molecule has 0 fully saturated rings. The third-order valence-corrected chi connectivity index (χ3v) is 3.61. The number of likely N-dealkylation sites (N-methyl/N-ethyl adjacent to an activating group) is 1. The molecule has 2 rings (SSSR count). The van der Waals surface area contributed by atoms with E-state index in [-0.39, 0.29) is 11.7 Å². The lowest BCUT2D eigenvalue weighted by atomic mass is 10.1. The van der Waals surface area contributed by atoms with Crippen LogP contribution in [0.15, 0.2) is 41.5 Å². The highest BCUT2D eigenvalue weighted by molar-refractivity contribution is 5.30. The van der Waals surface area contributed by atoms with Crippen molar-refractivity contribution < 1.29 is 4.74 Å². The first-order valence-corrected chi connectivity index (χ1v) is 7.26. The number of hydrogen-bond acceptors (Lipinski definition) is 3. The zero-order valence-corrected chi connectivity index (χ0v) is 12.9. The highest BCUT2D eigenvalue weighted by Gasteiger charge is 2.13. The molecule has 0 saturated heterocycles. The van der Waals surface area contributed by atoms with Crippen molar-refractivity contribution in [2.45, 2.75) is 32.5 Å². The molecule has 114 valence electrons. The van der Waals surface area contributed by atoms with Crippen LogP contribution in [0.4, 0.5) is 0 Å². The number of benzene rings is 1. The zero-order valence-electron chi connectivity index (χ0n) is 12.9. The monoisotopic (exact) mass is 289 g/mol. The Labute approximate surface area is 125 Å². The van der Waals surface area contributed by atoms with Crippen LogP contribution in [0.1, 0.15) is 24.9 Å². The molecule has 0 amide bonds. The van der Waals surface area contributed by atoms with Crippen LogP contribution in [0.3, 0.4) is 0 Å². The molecule has 1 unspecified atom stereocenters. The highest BCUT2D eigenvalue weighted by Crippen LogP contribution is 2.19. The molecular formula is C16H23N3O2. The molecule has 5 heteroatoms. The number of rotatable bonds is 7. The van der Waals surface area contributed by atoms with Crippen molar-refractivity contribution in [2.75, 3.05) is 14.2 Å². The second kappa shape index (κ2) is 7.13. The number of nitrogens with zero attached hydrogens (tertiary/aromatic N) is 2. The lowest BCUT2D eigenvalue weighted by Gasteiger charge is -2.17. The SMILES string of the molecule is CCCn1ccn(CC(NC)c2cccc(OC)c2)c1=O. The normalized spacial score (nSPS) is 12.3. The fourth-order valence-corrected chi connectivity index (χ4v) is 2.42. The maximum atomic E-state index is 12.2. The van der Waals surface area contributed by atoms with E-state index in [1.807, 2.05) is 43.7 Å². The number of imidazole rings is 1. The standard InChI is InChI=1S/C16H23N3O2/c1-4-8-18-9-10-19(16(18)20)12-15(17-2)13-6-5-7-14(11-13)21-3/h5-7,9-11,15,17H,4,8,12H2,1-3H3. The summed E-state index contributed by atoms with van der Waals surface area (Å²) in [5.41, 5.74) is 1.15. The average Bonchev–Trinajstić information content (AvgIpc) is 2.86. The van der Waals surface area contributed by atoms with E-state index in [0.29, 0.717) is 6.54 Å². The second-order valence-corrected chi connectivity index (χ2v) is 5.04. The molecule has 0 spiro atoms. The second-order valence-electron chi connectivity index (χ2n) is 5.04. The highest BCUT2D eigenvalue weighted by atomic mass is 16.5. The Morgan fingerprint density at radius 1 is 1.29 bits per heavy atom. The average molecular weight is 289 g/mol. The van der Waals surface area contributed by atoms with Gasteiger partial charge in [-0.25, -0.2) is 4.79 Å². The first-order valence-electron chi connectivity index (χ1n) is 7.26. The Bertz CT molecular complexity index is 630. The van der Waals surface area contributed by atoms with Gasteiger partial charge in [0.05, 0.1) is 13.2 Å². The molecule has 2 aromatic rings. The lowest BCUT2D eigenvalue weighted by Crippen LogP contribution is -2.30. The summed E-state index contributed by atoms with van der Waals surface area (Å²) in [5, 5.41) is 3.26. The fourth-order valence-electron chi connectivity index (χ4n) is 2.42. The van der Waals surface area contributed by atoms with Gasteiger partial charge in [0, 0.05) is 25.5 Å². The van der Waals surface area contributed by atoms with Crippen molar-refractivity contribution >= 4 is 0 Å². The summed E-state index contributed by atoms with van der Waals surface area (Å²) in [4.78, 5) is 12.2. The van der Waals surface area contributed by atoms with Crippen LogP contribution in [-0.4, -0.2) is 23.3 Å². The van der Waals surface area contributed by atoms with Crippen molar-refractivity contribution in [3.05, 3.63) is 52.7 Å². The lowest BCUT2D eigenvalue weighted by molar-refractivity contribution is 0.412. The van der Waals surface area contributed by atoms with Crippen molar-refractivity contribution in [2.24, 2.45) is 0 Å². The number of hydrogen-bond donors (Lipinski definition) is 1. The molecule has 0 radical (unpaired) electrons. The number of aryl methyl sites for hydroxylation is 1. The first-order chi connectivity index (χ1) is 10.2. The van der Waals surface area contributed by atoms with Crippen molar-refractivity contribution in [1.82, 2.24) is 14.5 Å². The fraction of sp³-hybridized carbons (Fsp3) is 0.438. The van der Waals surface area contributed by atoms with Gasteiger partial charge in [-0.05, 0) is 31.2 Å². The van der Waals surface area contributed by atoms with Gasteiger partial charge in [-0.15, -0.1) is 0 Å². The molecule has 0 aliphatic heterocycles. The maximum Gasteiger partial charge on any atom is 0.328 e. The van der Waals surface area contributed by atoms with Gasteiger partial charge >= 0.3 is 5.69 Å². The molecule has 21 heavy (non-hydrogen) atoms. The number of aromatic nitrogens is 2. The van der Waals surface area contributed by atoms with Gasteiger partial charge in [0.1, 0.15) is 5.75 Å². The molecule has 0 aliphatic rings. The van der Waals surface area contributed by atoms with Gasteiger partial charge in [0.25, 0.3) is 0 Å². The minimum atomic E-state index is 0.0417. The Balaban J connectivity index is 2.20. The van der Waals surface area contributed by atoms with Gasteiger partial charge < -0.3 is 10.1 Å². The molecule has 1 aromatic carbocycles. The van der Waals surface area contributed by atoms with Crippen LogP contribution in [0.5, 0.6) is 5.75 Å². The van der Waals surface area contributed by atoms with E-state index in [1.54, 1.807) is 16.2 Å². The van der Waals surface area contributed by atoms with E-state index < -0.39 is 0 Å². The Kier molecular flexibility index (Phi) is 5.22.